The van der Waals surface area contributed by atoms with Gasteiger partial charge in [-0.2, -0.15) is 0 Å². The van der Waals surface area contributed by atoms with Gasteiger partial charge in [0.1, 0.15) is 11.5 Å². The number of nitrogens with zero attached hydrogens (tertiary/aromatic N) is 2. The van der Waals surface area contributed by atoms with E-state index >= 15 is 0 Å². The Kier molecular flexibility index (Phi) is 6.75. The highest BCUT2D eigenvalue weighted by molar-refractivity contribution is 7.98. The van der Waals surface area contributed by atoms with Gasteiger partial charge in [0.2, 0.25) is 5.89 Å². The van der Waals surface area contributed by atoms with E-state index < -0.39 is 0 Å². The second-order valence-corrected chi connectivity index (χ2v) is 8.33. The number of aromatic amines is 1. The van der Waals surface area contributed by atoms with Gasteiger partial charge in [0.25, 0.3) is 5.56 Å². The fraction of sp³-hybridized carbons (Fsp3) is 0.240. The van der Waals surface area contributed by atoms with Crippen LogP contribution in [0.2, 0.25) is 0 Å². The highest BCUT2D eigenvalue weighted by Crippen LogP contribution is 2.27. The van der Waals surface area contributed by atoms with Crippen molar-refractivity contribution >= 4 is 11.8 Å². The molecule has 0 aliphatic heterocycles. The Morgan fingerprint density at radius 2 is 1.78 bits per heavy atom. The van der Waals surface area contributed by atoms with Crippen molar-refractivity contribution in [3.8, 4) is 17.2 Å². The van der Waals surface area contributed by atoms with Crippen molar-refractivity contribution in [3.63, 3.8) is 0 Å². The van der Waals surface area contributed by atoms with Gasteiger partial charge in [-0.1, -0.05) is 42.1 Å². The number of benzene rings is 2. The molecule has 0 atom stereocenters. The first-order valence-electron chi connectivity index (χ1n) is 10.5. The lowest BCUT2D eigenvalue weighted by molar-refractivity contribution is 0.340. The molecule has 2 aromatic heterocycles. The van der Waals surface area contributed by atoms with Crippen molar-refractivity contribution < 1.29 is 9.15 Å². The molecule has 0 radical (unpaired) electrons. The summed E-state index contributed by atoms with van der Waals surface area (Å²) < 4.78 is 11.3. The molecule has 0 bridgehead atoms. The van der Waals surface area contributed by atoms with Gasteiger partial charge in [-0.15, -0.1) is 0 Å². The van der Waals surface area contributed by atoms with Gasteiger partial charge in [0.05, 0.1) is 12.3 Å². The molecule has 2 aromatic carbocycles. The Hall–Kier alpha value is -3.32. The summed E-state index contributed by atoms with van der Waals surface area (Å²) >= 11 is 1.44. The van der Waals surface area contributed by atoms with Crippen molar-refractivity contribution in [2.45, 2.75) is 38.1 Å². The summed E-state index contributed by atoms with van der Waals surface area (Å²) in [6.45, 7) is 6.35. The number of hydrogen-bond donors (Lipinski definition) is 1. The Morgan fingerprint density at radius 1 is 1.03 bits per heavy atom. The lowest BCUT2D eigenvalue weighted by Crippen LogP contribution is -2.17. The maximum absolute atomic E-state index is 12.7. The van der Waals surface area contributed by atoms with Crippen LogP contribution in [0.15, 0.2) is 69.0 Å². The molecular weight excluding hydrogens is 422 g/mol. The molecule has 6 nitrogen and oxygen atoms in total. The molecule has 0 spiro atoms. The number of nitrogens with one attached hydrogen (secondary N) is 1. The quantitative estimate of drug-likeness (QED) is 0.291. The van der Waals surface area contributed by atoms with Crippen LogP contribution in [-0.2, 0) is 12.2 Å². The zero-order valence-corrected chi connectivity index (χ0v) is 19.2. The van der Waals surface area contributed by atoms with Crippen LogP contribution >= 0.6 is 11.8 Å². The lowest BCUT2D eigenvalue weighted by atomic mass is 10.1. The number of aromatic nitrogens is 3. The van der Waals surface area contributed by atoms with Crippen molar-refractivity contribution in [3.05, 3.63) is 93.2 Å². The molecule has 7 heteroatoms. The molecule has 0 fully saturated rings. The maximum Gasteiger partial charge on any atom is 0.255 e. The van der Waals surface area contributed by atoms with Crippen molar-refractivity contribution in [2.24, 2.45) is 0 Å². The Morgan fingerprint density at radius 3 is 2.47 bits per heavy atom. The zero-order chi connectivity index (χ0) is 22.5. The monoisotopic (exact) mass is 447 g/mol. The Balaban J connectivity index is 1.46. The number of aryl methyl sites for hydroxylation is 2. The van der Waals surface area contributed by atoms with E-state index in [1.165, 1.54) is 11.8 Å². The summed E-state index contributed by atoms with van der Waals surface area (Å²) in [5.41, 5.74) is 4.13. The summed E-state index contributed by atoms with van der Waals surface area (Å²) in [7, 11) is 0. The van der Waals surface area contributed by atoms with E-state index in [9.17, 15) is 4.79 Å². The standard InChI is InChI=1S/C25H25N3O3S/c1-4-30-20-12-10-19(11-13-20)24-27-22(17(3)31-24)15-32-25-26-16(2)21(23(29)28-25)14-18-8-6-5-7-9-18/h5-13H,4,14-15H2,1-3H3,(H,26,28,29). The molecule has 4 aromatic rings. The Labute approximate surface area is 191 Å². The van der Waals surface area contributed by atoms with E-state index in [0.29, 0.717) is 35.4 Å². The van der Waals surface area contributed by atoms with E-state index in [0.717, 1.165) is 34.0 Å². The SMILES string of the molecule is CCOc1ccc(-c2nc(CSc3nc(C)c(Cc4ccccc4)c(=O)[nH]3)c(C)o2)cc1. The third kappa shape index (κ3) is 5.11. The summed E-state index contributed by atoms with van der Waals surface area (Å²) in [5.74, 6) is 2.68. The molecule has 32 heavy (non-hydrogen) atoms. The zero-order valence-electron chi connectivity index (χ0n) is 18.3. The van der Waals surface area contributed by atoms with Gasteiger partial charge >= 0.3 is 0 Å². The summed E-state index contributed by atoms with van der Waals surface area (Å²) in [6, 6.07) is 17.6. The maximum atomic E-state index is 12.7. The highest BCUT2D eigenvalue weighted by Gasteiger charge is 2.14. The van der Waals surface area contributed by atoms with Gasteiger partial charge in [0, 0.05) is 29.0 Å². The summed E-state index contributed by atoms with van der Waals surface area (Å²) in [5, 5.41) is 0.578. The molecule has 0 aliphatic carbocycles. The molecular formula is C25H25N3O3S. The normalized spacial score (nSPS) is 11.0. The van der Waals surface area contributed by atoms with Crippen molar-refractivity contribution in [1.82, 2.24) is 15.0 Å². The van der Waals surface area contributed by atoms with E-state index in [1.807, 2.05) is 75.4 Å². The smallest absolute Gasteiger partial charge is 0.255 e. The van der Waals surface area contributed by atoms with Gasteiger partial charge in [-0.3, -0.25) is 4.79 Å². The van der Waals surface area contributed by atoms with Crippen LogP contribution in [0.4, 0.5) is 0 Å². The van der Waals surface area contributed by atoms with E-state index in [2.05, 4.69) is 15.0 Å². The lowest BCUT2D eigenvalue weighted by Gasteiger charge is -2.07. The molecule has 0 saturated carbocycles. The Bertz CT molecular complexity index is 1250. The predicted molar refractivity (Wildman–Crippen MR) is 126 cm³/mol. The molecule has 0 aliphatic rings. The number of rotatable bonds is 8. The highest BCUT2D eigenvalue weighted by atomic mass is 32.2. The third-order valence-electron chi connectivity index (χ3n) is 5.07. The van der Waals surface area contributed by atoms with Crippen molar-refractivity contribution in [2.75, 3.05) is 6.61 Å². The number of oxazole rings is 1. The molecule has 0 unspecified atom stereocenters. The van der Waals surface area contributed by atoms with Crippen LogP contribution in [0.25, 0.3) is 11.5 Å². The van der Waals surface area contributed by atoms with Crippen LogP contribution in [0, 0.1) is 13.8 Å². The first-order valence-corrected chi connectivity index (χ1v) is 11.5. The molecule has 4 rings (SSSR count). The van der Waals surface area contributed by atoms with Crippen LogP contribution in [-0.4, -0.2) is 21.6 Å². The fourth-order valence-electron chi connectivity index (χ4n) is 3.34. The fourth-order valence-corrected chi connectivity index (χ4v) is 4.25. The molecule has 0 amide bonds. The van der Waals surface area contributed by atoms with Gasteiger partial charge in [0.15, 0.2) is 5.16 Å². The number of thioether (sulfide) groups is 1. The van der Waals surface area contributed by atoms with Crippen LogP contribution in [0.1, 0.15) is 35.2 Å². The number of ether oxygens (including phenoxy) is 1. The first-order chi connectivity index (χ1) is 15.5. The minimum atomic E-state index is -0.101. The average Bonchev–Trinajstić information content (AvgIpc) is 3.17. The third-order valence-corrected chi connectivity index (χ3v) is 5.96. The van der Waals surface area contributed by atoms with Gasteiger partial charge in [-0.25, -0.2) is 9.97 Å². The second kappa shape index (κ2) is 9.87. The van der Waals surface area contributed by atoms with Crippen LogP contribution in [0.3, 0.4) is 0 Å². The van der Waals surface area contributed by atoms with Crippen molar-refractivity contribution in [1.29, 1.82) is 0 Å². The largest absolute Gasteiger partial charge is 0.494 e. The molecule has 164 valence electrons. The molecule has 0 saturated heterocycles. The average molecular weight is 448 g/mol. The minimum absolute atomic E-state index is 0.101. The summed E-state index contributed by atoms with van der Waals surface area (Å²) in [6.07, 6.45) is 0.563. The number of H-pyrrole nitrogens is 1. The van der Waals surface area contributed by atoms with E-state index in [4.69, 9.17) is 9.15 Å². The van der Waals surface area contributed by atoms with Crippen LogP contribution < -0.4 is 10.3 Å². The molecule has 2 heterocycles. The molecule has 1 N–H and O–H groups in total. The summed E-state index contributed by atoms with van der Waals surface area (Å²) in [4.78, 5) is 24.8. The first kappa shape index (κ1) is 21.9. The van der Waals surface area contributed by atoms with Crippen LogP contribution in [0.5, 0.6) is 5.75 Å². The predicted octanol–water partition coefficient (Wildman–Crippen LogP) is 5.32. The minimum Gasteiger partial charge on any atom is -0.494 e. The topological polar surface area (TPSA) is 81.0 Å². The van der Waals surface area contributed by atoms with Gasteiger partial charge < -0.3 is 14.1 Å². The van der Waals surface area contributed by atoms with E-state index in [1.54, 1.807) is 0 Å². The number of hydrogen-bond acceptors (Lipinski definition) is 6. The van der Waals surface area contributed by atoms with Gasteiger partial charge in [-0.05, 0) is 50.6 Å². The van der Waals surface area contributed by atoms with E-state index in [-0.39, 0.29) is 5.56 Å². The second-order valence-electron chi connectivity index (χ2n) is 7.37.